The molecule has 8 unspecified atom stereocenters. The third-order valence-corrected chi connectivity index (χ3v) is 23.2. The first-order chi connectivity index (χ1) is 61.7. The summed E-state index contributed by atoms with van der Waals surface area (Å²) in [5, 5.41) is 74.2. The van der Waals surface area contributed by atoms with Crippen molar-refractivity contribution in [2.45, 2.75) is 199 Å². The first-order valence-corrected chi connectivity index (χ1v) is 44.2. The molecule has 0 spiro atoms. The van der Waals surface area contributed by atoms with E-state index in [4.69, 9.17) is 19.2 Å². The normalized spacial score (nSPS) is 17.0. The lowest BCUT2D eigenvalue weighted by Crippen LogP contribution is -2.58. The number of carbonyl (C=O) groups excluding carboxylic acids is 11. The van der Waals surface area contributed by atoms with Gasteiger partial charge in [-0.15, -0.1) is 0 Å². The van der Waals surface area contributed by atoms with E-state index in [9.17, 15) is 102 Å². The summed E-state index contributed by atoms with van der Waals surface area (Å²) < 4.78 is 16.6. The summed E-state index contributed by atoms with van der Waals surface area (Å²) in [5.41, 5.74) is 1.67. The van der Waals surface area contributed by atoms with Gasteiger partial charge in [-0.1, -0.05) is 24.3 Å². The van der Waals surface area contributed by atoms with E-state index >= 15 is 0 Å². The minimum atomic E-state index is -1.50. The lowest BCUT2D eigenvalue weighted by molar-refractivity contribution is -0.314. The molecular weight excluding hydrogens is 1680 g/mol. The molecule has 2 fully saturated rings. The van der Waals surface area contributed by atoms with Crippen molar-refractivity contribution in [2.24, 2.45) is 0 Å². The van der Waals surface area contributed by atoms with Crippen molar-refractivity contribution >= 4 is 124 Å². The minimum Gasteiger partial charge on any atom is -0.548 e. The van der Waals surface area contributed by atoms with Crippen LogP contribution in [0.15, 0.2) is 58.1 Å². The zero-order valence-corrected chi connectivity index (χ0v) is 75.3. The van der Waals surface area contributed by atoms with Crippen molar-refractivity contribution in [3.8, 4) is 0 Å². The average Bonchev–Trinajstić information content (AvgIpc) is 0.782. The van der Waals surface area contributed by atoms with Gasteiger partial charge in [0.1, 0.15) is 83.1 Å². The Morgan fingerprint density at radius 2 is 0.636 bits per heavy atom. The Labute approximate surface area is 751 Å². The van der Waals surface area contributed by atoms with Gasteiger partial charge in [-0.25, -0.2) is 0 Å². The van der Waals surface area contributed by atoms with Crippen molar-refractivity contribution < 1.29 is 107 Å². The average molecular weight is 1810 g/mol. The van der Waals surface area contributed by atoms with Gasteiger partial charge >= 0.3 is 17.9 Å². The van der Waals surface area contributed by atoms with Crippen molar-refractivity contribution in [3.63, 3.8) is 0 Å². The first-order valence-electron chi connectivity index (χ1n) is 44.2. The summed E-state index contributed by atoms with van der Waals surface area (Å²) in [4.78, 5) is 230. The first kappa shape index (κ1) is 107. The molecule has 40 nitrogen and oxygen atoms in total. The number of aromatic nitrogens is 3. The number of aldehydes is 3. The van der Waals surface area contributed by atoms with Crippen LogP contribution in [0.2, 0.25) is 0 Å². The number of carbonyl (C=O) groups is 14. The standard InChI is InChI=1S/C89H132N16O24/c1-60(109)9-25-70(57-106)98-36-37-99(71(58-107)26-10-61(2)110)39-44-103(48-46-101(42-38-98)73(82(117)118)28-12-63(4)112)76(85(123)124)31-19-66-15-21-68(22-16-66)93-88-95-87(92-35-54-129-56-55-128-53-34-91-79-78(80(115)81(79)116)90-33-8-52-127-7)96-89(97-88)94-69-23-17-67(18-24-69)20-32-77(86(125)126)104-45-41-100(72(59-108)27-11-62(3)111)40-43-102(74(83(119)120)29-13-64(5)113)47-50-105(51-49-104)75(84(121)122)30-14-65(6)114/h15-18,21-24,57-59,70-77,90-91H,8-14,19-20,25-56H2,1-7H3,(H,117,118)(H,119,120)(H,121,122)(H,123,124)(H,125,126)(H3,92,93,94,95,96,97)/p-2. The molecule has 129 heavy (non-hydrogen) atoms. The molecule has 712 valence electrons. The number of hydrogen-bond acceptors (Lipinski definition) is 37. The van der Waals surface area contributed by atoms with Crippen LogP contribution >= 0.6 is 0 Å². The molecule has 0 amide bonds. The minimum absolute atomic E-state index is 0.00920. The summed E-state index contributed by atoms with van der Waals surface area (Å²) in [7, 11) is 1.57. The number of ether oxygens (including phenoxy) is 3. The maximum absolute atomic E-state index is 13.6. The highest BCUT2D eigenvalue weighted by atomic mass is 16.5. The number of hydrogen-bond donors (Lipinski definition) is 8. The van der Waals surface area contributed by atoms with Crippen molar-refractivity contribution in [2.75, 3.05) is 191 Å². The van der Waals surface area contributed by atoms with Gasteiger partial charge in [0.2, 0.25) is 17.8 Å². The van der Waals surface area contributed by atoms with Crippen LogP contribution in [0, 0.1) is 0 Å². The number of rotatable bonds is 60. The molecule has 2 saturated heterocycles. The maximum atomic E-state index is 13.6. The summed E-state index contributed by atoms with van der Waals surface area (Å²) in [5.74, 6) is -7.50. The Kier molecular flexibility index (Phi) is 47.8. The Bertz CT molecular complexity index is 4340. The van der Waals surface area contributed by atoms with Gasteiger partial charge in [0.25, 0.3) is 10.9 Å². The van der Waals surface area contributed by atoms with Gasteiger partial charge < -0.3 is 119 Å². The molecule has 0 saturated carbocycles. The molecule has 0 radical (unpaired) electrons. The van der Waals surface area contributed by atoms with Gasteiger partial charge in [-0.2, -0.15) is 15.0 Å². The van der Waals surface area contributed by atoms with Crippen molar-refractivity contribution in [1.82, 2.24) is 54.2 Å². The largest absolute Gasteiger partial charge is 0.548 e. The zero-order valence-electron chi connectivity index (χ0n) is 75.3. The molecule has 0 aliphatic carbocycles. The molecule has 2 aliphatic rings. The van der Waals surface area contributed by atoms with E-state index in [1.54, 1.807) is 80.1 Å². The maximum Gasteiger partial charge on any atom is 0.320 e. The van der Waals surface area contributed by atoms with Gasteiger partial charge in [0.05, 0.1) is 56.5 Å². The zero-order chi connectivity index (χ0) is 94.5. The van der Waals surface area contributed by atoms with E-state index in [1.807, 2.05) is 9.80 Å². The van der Waals surface area contributed by atoms with E-state index in [0.29, 0.717) is 42.8 Å². The molecule has 6 rings (SSSR count). The van der Waals surface area contributed by atoms with Crippen molar-refractivity contribution in [1.29, 1.82) is 0 Å². The molecular formula is C89H130N16O24-2. The molecule has 3 aromatic carbocycles. The van der Waals surface area contributed by atoms with Crippen LogP contribution < -0.4 is 47.7 Å². The fourth-order valence-electron chi connectivity index (χ4n) is 15.8. The Balaban J connectivity index is 1.25. The molecule has 1 aromatic heterocycles. The van der Waals surface area contributed by atoms with E-state index in [1.165, 1.54) is 46.4 Å². The third-order valence-electron chi connectivity index (χ3n) is 23.2. The van der Waals surface area contributed by atoms with Crippen LogP contribution in [0.25, 0.3) is 0 Å². The van der Waals surface area contributed by atoms with Crippen molar-refractivity contribution in [3.05, 3.63) is 80.1 Å². The van der Waals surface area contributed by atoms with Crippen LogP contribution in [-0.4, -0.2) is 366 Å². The van der Waals surface area contributed by atoms with E-state index < -0.39 is 89.0 Å². The van der Waals surface area contributed by atoms with Gasteiger partial charge in [-0.05, 0) is 148 Å². The van der Waals surface area contributed by atoms with E-state index in [0.717, 1.165) is 18.1 Å². The molecule has 8 N–H and O–H groups in total. The van der Waals surface area contributed by atoms with Crippen LogP contribution in [0.3, 0.4) is 0 Å². The van der Waals surface area contributed by atoms with Crippen LogP contribution in [-0.2, 0) is 94.2 Å². The second kappa shape index (κ2) is 57.5. The smallest absolute Gasteiger partial charge is 0.320 e. The number of benzene rings is 2. The van der Waals surface area contributed by atoms with Gasteiger partial charge in [0, 0.05) is 200 Å². The number of aliphatic carboxylic acids is 5. The molecule has 3 heterocycles. The number of methoxy groups -OCH3 is 1. The highest BCUT2D eigenvalue weighted by Crippen LogP contribution is 2.26. The molecule has 8 atom stereocenters. The highest BCUT2D eigenvalue weighted by Gasteiger charge is 2.36. The number of aryl methyl sites for hydroxylation is 2. The predicted molar refractivity (Wildman–Crippen MR) is 474 cm³/mol. The number of ketones is 6. The second-order valence-corrected chi connectivity index (χ2v) is 32.9. The Morgan fingerprint density at radius 3 is 0.930 bits per heavy atom. The molecule has 2 aliphatic heterocycles. The van der Waals surface area contributed by atoms with Gasteiger partial charge in [-0.3, -0.25) is 63.2 Å². The Morgan fingerprint density at radius 1 is 0.364 bits per heavy atom. The summed E-state index contributed by atoms with van der Waals surface area (Å²) in [6, 6.07) is 5.60. The van der Waals surface area contributed by atoms with E-state index in [-0.39, 0.29) is 311 Å². The molecule has 4 aromatic rings. The topological polar surface area (TPSA) is 532 Å². The second-order valence-electron chi connectivity index (χ2n) is 32.9. The number of carboxylic acids is 5. The molecule has 40 heteroatoms. The Hall–Kier alpha value is -10.5. The van der Waals surface area contributed by atoms with Crippen LogP contribution in [0.5, 0.6) is 0 Å². The van der Waals surface area contributed by atoms with Crippen LogP contribution in [0.1, 0.15) is 149 Å². The number of nitrogens with one attached hydrogen (secondary N) is 5. The van der Waals surface area contributed by atoms with Gasteiger partial charge in [0.15, 0.2) is 0 Å². The summed E-state index contributed by atoms with van der Waals surface area (Å²) >= 11 is 0. The quantitative estimate of drug-likeness (QED) is 0.0172. The lowest BCUT2D eigenvalue weighted by atomic mass is 10.0. The third kappa shape index (κ3) is 38.2. The number of anilines is 7. The lowest BCUT2D eigenvalue weighted by Gasteiger charge is -2.41. The molecule has 0 bridgehead atoms. The highest BCUT2D eigenvalue weighted by molar-refractivity contribution is 5.81. The SMILES string of the molecule is COCCCNc1c(NCCOCCOCCNc2nc(Nc3ccc(CCC(C(=O)O)N4CCN(C(C=O)CCC(C)=O)CCN(C(CCC(C)=O)C(=O)[O-])CCN(C(CCC(C)=O)C(=O)[O-])CC4)cc3)nc(Nc3ccc(CCC(C(=O)O)N4CCN(C(C=O)CCC(C)=O)CCN(C(C=O)CCC(C)=O)CCN(C(CCC(C)=O)C(=O)O)CC4)cc3)n2)c(=O)c1=O. The fraction of sp³-hybridized carbons (Fsp3) is 0.629. The monoisotopic (exact) mass is 1810 g/mol. The number of carboxylic acid groups (broad SMARTS) is 5. The summed E-state index contributed by atoms with van der Waals surface area (Å²) in [6.07, 6.45) is 3.47. The number of nitrogens with zero attached hydrogens (tertiary/aromatic N) is 11. The van der Waals surface area contributed by atoms with Crippen LogP contribution in [0.4, 0.5) is 40.6 Å². The summed E-state index contributed by atoms with van der Waals surface area (Å²) in [6.45, 7) is 11.0. The fourth-order valence-corrected chi connectivity index (χ4v) is 15.8. The number of Topliss-reactive ketones (excluding diaryl/α,β-unsaturated/α-hetero) is 6. The van der Waals surface area contributed by atoms with E-state index in [2.05, 4.69) is 36.6 Å². The predicted octanol–water partition coefficient (Wildman–Crippen LogP) is 0.783.